The molecule has 0 aromatic heterocycles. The number of hydrogen-bond acceptors (Lipinski definition) is 2. The maximum atomic E-state index is 14.4. The van der Waals surface area contributed by atoms with E-state index in [2.05, 4.69) is 0 Å². The van der Waals surface area contributed by atoms with Crippen LogP contribution in [0.25, 0.3) is 0 Å². The van der Waals surface area contributed by atoms with Gasteiger partial charge in [-0.25, -0.2) is 13.2 Å². The highest BCUT2D eigenvalue weighted by atomic mass is 19.4. The maximum absolute atomic E-state index is 14.4. The van der Waals surface area contributed by atoms with Crippen molar-refractivity contribution in [1.82, 2.24) is 0 Å². The lowest BCUT2D eigenvalue weighted by Crippen LogP contribution is -2.65. The van der Waals surface area contributed by atoms with Crippen molar-refractivity contribution in [2.45, 2.75) is 56.8 Å². The molecule has 4 saturated carbocycles. The molecule has 2 unspecified atom stereocenters. The van der Waals surface area contributed by atoms with E-state index in [4.69, 9.17) is 0 Å². The molecule has 0 N–H and O–H groups in total. The Labute approximate surface area is 122 Å². The molecule has 0 aliphatic heterocycles. The Morgan fingerprint density at radius 2 is 1.55 bits per heavy atom. The third-order valence-electron chi connectivity index (χ3n) is 5.81. The van der Waals surface area contributed by atoms with E-state index in [1.807, 2.05) is 0 Å². The number of hydrogen-bond donors (Lipinski definition) is 0. The Bertz CT molecular complexity index is 486. The smallest absolute Gasteiger partial charge is 0.425 e. The first-order valence-electron chi connectivity index (χ1n) is 7.22. The van der Waals surface area contributed by atoms with Gasteiger partial charge in [-0.15, -0.1) is 0 Å². The van der Waals surface area contributed by atoms with E-state index in [0.717, 1.165) is 0 Å². The van der Waals surface area contributed by atoms with Crippen LogP contribution >= 0.6 is 0 Å². The number of aliphatic carboxylic acids is 1. The van der Waals surface area contributed by atoms with E-state index in [0.29, 0.717) is 6.42 Å². The van der Waals surface area contributed by atoms with Crippen LogP contribution in [-0.4, -0.2) is 24.2 Å². The van der Waals surface area contributed by atoms with Crippen molar-refractivity contribution >= 4 is 5.97 Å². The third-order valence-corrected chi connectivity index (χ3v) is 5.81. The zero-order valence-corrected chi connectivity index (χ0v) is 11.6. The summed E-state index contributed by atoms with van der Waals surface area (Å²) in [6.45, 7) is 0. The molecule has 0 amide bonds. The topological polar surface area (TPSA) is 40.1 Å². The molecule has 126 valence electrons. The molecule has 4 aliphatic rings. The molecule has 0 aromatic rings. The Balaban J connectivity index is 2.01. The predicted molar refractivity (Wildman–Crippen MR) is 60.5 cm³/mol. The van der Waals surface area contributed by atoms with E-state index in [-0.39, 0.29) is 25.7 Å². The molecule has 0 saturated heterocycles. The molecule has 8 heteroatoms. The van der Waals surface area contributed by atoms with Crippen LogP contribution in [0.3, 0.4) is 0 Å². The number of halogens is 6. The first-order valence-corrected chi connectivity index (χ1v) is 7.22. The van der Waals surface area contributed by atoms with Crippen molar-refractivity contribution in [3.63, 3.8) is 0 Å². The van der Waals surface area contributed by atoms with Gasteiger partial charge in [-0.05, 0) is 50.4 Å². The summed E-state index contributed by atoms with van der Waals surface area (Å²) in [5.74, 6) is -6.91. The first-order chi connectivity index (χ1) is 9.92. The average molecular weight is 329 g/mol. The van der Waals surface area contributed by atoms with E-state index in [1.165, 1.54) is 0 Å². The van der Waals surface area contributed by atoms with Crippen LogP contribution in [0.1, 0.15) is 38.5 Å². The second-order valence-corrected chi connectivity index (χ2v) is 7.34. The summed E-state index contributed by atoms with van der Waals surface area (Å²) in [5.41, 5.74) is -3.76. The fourth-order valence-electron chi connectivity index (χ4n) is 5.37. The van der Waals surface area contributed by atoms with Crippen LogP contribution in [0, 0.1) is 22.7 Å². The quantitative estimate of drug-likeness (QED) is 0.747. The zero-order chi connectivity index (χ0) is 16.6. The van der Waals surface area contributed by atoms with E-state index in [1.54, 1.807) is 0 Å². The van der Waals surface area contributed by atoms with Gasteiger partial charge in [-0.3, -0.25) is 0 Å². The van der Waals surface area contributed by atoms with Crippen molar-refractivity contribution in [2.75, 3.05) is 0 Å². The summed E-state index contributed by atoms with van der Waals surface area (Å²) in [6.07, 6.45) is -10.2. The van der Waals surface area contributed by atoms with Gasteiger partial charge in [0.2, 0.25) is 0 Å². The van der Waals surface area contributed by atoms with E-state index < -0.39 is 53.3 Å². The predicted octanol–water partition coefficient (Wildman–Crippen LogP) is 2.86. The Morgan fingerprint density at radius 1 is 1.05 bits per heavy atom. The van der Waals surface area contributed by atoms with E-state index >= 15 is 0 Å². The molecule has 4 bridgehead atoms. The van der Waals surface area contributed by atoms with Crippen LogP contribution < -0.4 is 5.11 Å². The van der Waals surface area contributed by atoms with Gasteiger partial charge in [0.1, 0.15) is 0 Å². The average Bonchev–Trinajstić information content (AvgIpc) is 2.34. The zero-order valence-electron chi connectivity index (χ0n) is 11.6. The third kappa shape index (κ3) is 1.98. The maximum Gasteiger partial charge on any atom is 0.425 e. The summed E-state index contributed by atoms with van der Waals surface area (Å²) in [7, 11) is 0. The molecule has 0 spiro atoms. The number of rotatable bonds is 3. The fraction of sp³-hybridized carbons (Fsp3) is 0.929. The lowest BCUT2D eigenvalue weighted by molar-refractivity contribution is -0.343. The van der Waals surface area contributed by atoms with Gasteiger partial charge in [-0.2, -0.15) is 13.2 Å². The van der Waals surface area contributed by atoms with Gasteiger partial charge in [0.05, 0.1) is 0 Å². The summed E-state index contributed by atoms with van der Waals surface area (Å²) >= 11 is 0. The lowest BCUT2D eigenvalue weighted by atomic mass is 9.42. The Hall–Kier alpha value is -0.950. The minimum atomic E-state index is -5.67. The molecular weight excluding hydrogens is 314 g/mol. The van der Waals surface area contributed by atoms with Gasteiger partial charge < -0.3 is 9.90 Å². The first kappa shape index (κ1) is 15.9. The van der Waals surface area contributed by atoms with E-state index in [9.17, 15) is 36.2 Å². The van der Waals surface area contributed by atoms with Crippen molar-refractivity contribution in [3.05, 3.63) is 0 Å². The minimum Gasteiger partial charge on any atom is -0.550 e. The van der Waals surface area contributed by atoms with Crippen LogP contribution in [-0.2, 0) is 4.79 Å². The second kappa shape index (κ2) is 4.32. The van der Waals surface area contributed by atoms with Gasteiger partial charge in [0.15, 0.2) is 0 Å². The number of carbonyl (C=O) groups excluding carboxylic acids is 1. The summed E-state index contributed by atoms with van der Waals surface area (Å²) in [5, 5.41) is 11.4. The molecule has 4 fully saturated rings. The molecule has 22 heavy (non-hydrogen) atoms. The number of carboxylic acids is 1. The minimum absolute atomic E-state index is 0.145. The second-order valence-electron chi connectivity index (χ2n) is 7.34. The molecule has 5 atom stereocenters. The van der Waals surface area contributed by atoms with Crippen LogP contribution in [0.15, 0.2) is 0 Å². The fourth-order valence-corrected chi connectivity index (χ4v) is 5.37. The van der Waals surface area contributed by atoms with Crippen LogP contribution in [0.2, 0.25) is 0 Å². The molecule has 0 radical (unpaired) electrons. The monoisotopic (exact) mass is 329 g/mol. The standard InChI is InChI=1S/C14H16F6O2/c15-9(14(18,19)20)13(16,17)12-4-7-1-8(5-12)3-11(2-7,6-12)10(21)22/h7-9H,1-6H2,(H,21,22)/p-1/t7-,8+,9-,11?,12?/m0/s1. The number of alkyl halides is 6. The summed E-state index contributed by atoms with van der Waals surface area (Å²) in [4.78, 5) is 11.4. The normalized spacial score (nSPS) is 42.5. The molecular formula is C14H15F6O2-. The highest BCUT2D eigenvalue weighted by molar-refractivity contribution is 5.73. The van der Waals surface area contributed by atoms with Crippen molar-refractivity contribution < 1.29 is 36.2 Å². The van der Waals surface area contributed by atoms with Crippen molar-refractivity contribution in [2.24, 2.45) is 22.7 Å². The van der Waals surface area contributed by atoms with Gasteiger partial charge in [0, 0.05) is 16.8 Å². The largest absolute Gasteiger partial charge is 0.550 e. The van der Waals surface area contributed by atoms with Crippen molar-refractivity contribution in [3.8, 4) is 0 Å². The summed E-state index contributed by atoms with van der Waals surface area (Å²) in [6, 6.07) is 0. The lowest BCUT2D eigenvalue weighted by Gasteiger charge is -2.64. The number of carbonyl (C=O) groups is 1. The molecule has 4 aliphatic carbocycles. The molecule has 4 rings (SSSR count). The Kier molecular flexibility index (Phi) is 3.13. The molecule has 2 nitrogen and oxygen atoms in total. The van der Waals surface area contributed by atoms with Crippen molar-refractivity contribution in [1.29, 1.82) is 0 Å². The summed E-state index contributed by atoms with van der Waals surface area (Å²) < 4.78 is 79.7. The molecule has 0 aromatic carbocycles. The van der Waals surface area contributed by atoms with Gasteiger partial charge >= 0.3 is 6.18 Å². The SMILES string of the molecule is O=C([O-])C12C[C@H]3C[C@@H](C1)CC(C(F)(F)[C@H](F)C(F)(F)F)(C3)C2. The van der Waals surface area contributed by atoms with Gasteiger partial charge in [0.25, 0.3) is 12.1 Å². The molecule has 0 heterocycles. The number of carboxylic acid groups (broad SMARTS) is 1. The van der Waals surface area contributed by atoms with Crippen LogP contribution in [0.5, 0.6) is 0 Å². The highest BCUT2D eigenvalue weighted by Gasteiger charge is 2.72. The highest BCUT2D eigenvalue weighted by Crippen LogP contribution is 2.70. The van der Waals surface area contributed by atoms with Crippen LogP contribution in [0.4, 0.5) is 26.3 Å². The van der Waals surface area contributed by atoms with Gasteiger partial charge in [-0.1, -0.05) is 0 Å². The Morgan fingerprint density at radius 3 is 1.95 bits per heavy atom.